The summed E-state index contributed by atoms with van der Waals surface area (Å²) in [6.45, 7) is 6.54. The van der Waals surface area contributed by atoms with Crippen molar-refractivity contribution < 1.29 is 22.7 Å². The van der Waals surface area contributed by atoms with Gasteiger partial charge in [-0.2, -0.15) is 13.2 Å². The number of carbonyl (C=O) groups excluding carboxylic acids is 1. The second-order valence-electron chi connectivity index (χ2n) is 9.54. The van der Waals surface area contributed by atoms with Gasteiger partial charge in [0.25, 0.3) is 0 Å². The van der Waals surface area contributed by atoms with E-state index in [4.69, 9.17) is 4.74 Å². The summed E-state index contributed by atoms with van der Waals surface area (Å²) in [5.74, 6) is 1.53. The molecule has 2 aromatic rings. The first-order chi connectivity index (χ1) is 14.9. The maximum absolute atomic E-state index is 13.3. The quantitative estimate of drug-likeness (QED) is 0.289. The summed E-state index contributed by atoms with van der Waals surface area (Å²) in [4.78, 5) is 11.8. The van der Waals surface area contributed by atoms with Crippen LogP contribution in [0.25, 0.3) is 0 Å². The molecule has 0 radical (unpaired) electrons. The predicted octanol–water partition coefficient (Wildman–Crippen LogP) is 6.74. The average molecular weight is 459 g/mol. The first kappa shape index (κ1) is 24.1. The Morgan fingerprint density at radius 1 is 0.969 bits per heavy atom. The number of benzene rings is 2. The predicted molar refractivity (Wildman–Crippen MR) is 123 cm³/mol. The van der Waals surface area contributed by atoms with Crippen LogP contribution in [0.3, 0.4) is 0 Å². The van der Waals surface area contributed by atoms with E-state index < -0.39 is 31.6 Å². The monoisotopic (exact) mass is 458 g/mol. The zero-order chi connectivity index (χ0) is 23.6. The molecular formula is C26H29F3O2Si. The maximum atomic E-state index is 13.3. The standard InChI is InChI=1S/C26H29F3O2Si/c1-31-24(30)20-7-11-22(12-8-20)25(16-13-23(14-17-25)26(27,28)29)21-9-5-19(6-10-21)15-18-32(2,3)4/h5-12,23H,13-14,16-17H2,1-4H3. The zero-order valence-electron chi connectivity index (χ0n) is 19.0. The lowest BCUT2D eigenvalue weighted by atomic mass is 9.63. The van der Waals surface area contributed by atoms with E-state index >= 15 is 0 Å². The van der Waals surface area contributed by atoms with Crippen molar-refractivity contribution in [2.24, 2.45) is 5.92 Å². The first-order valence-electron chi connectivity index (χ1n) is 10.8. The van der Waals surface area contributed by atoms with Gasteiger partial charge in [-0.1, -0.05) is 49.8 Å². The van der Waals surface area contributed by atoms with Crippen molar-refractivity contribution in [3.63, 3.8) is 0 Å². The van der Waals surface area contributed by atoms with E-state index in [9.17, 15) is 18.0 Å². The molecule has 0 heterocycles. The summed E-state index contributed by atoms with van der Waals surface area (Å²) in [5.41, 5.74) is 6.06. The van der Waals surface area contributed by atoms with Crippen molar-refractivity contribution in [2.75, 3.05) is 7.11 Å². The van der Waals surface area contributed by atoms with Crippen LogP contribution in [0.1, 0.15) is 52.7 Å². The number of esters is 1. The molecule has 1 saturated carbocycles. The Morgan fingerprint density at radius 2 is 1.47 bits per heavy atom. The van der Waals surface area contributed by atoms with Crippen molar-refractivity contribution in [3.8, 4) is 11.5 Å². The molecule has 0 bridgehead atoms. The average Bonchev–Trinajstić information content (AvgIpc) is 2.76. The third kappa shape index (κ3) is 5.45. The molecule has 1 aliphatic carbocycles. The highest BCUT2D eigenvalue weighted by atomic mass is 28.3. The highest BCUT2D eigenvalue weighted by molar-refractivity contribution is 6.83. The highest BCUT2D eigenvalue weighted by Gasteiger charge is 2.47. The number of alkyl halides is 3. The number of halogens is 3. The van der Waals surface area contributed by atoms with Crippen LogP contribution >= 0.6 is 0 Å². The molecule has 170 valence electrons. The molecule has 0 aromatic heterocycles. The van der Waals surface area contributed by atoms with Crippen LogP contribution in [-0.2, 0) is 10.2 Å². The van der Waals surface area contributed by atoms with Crippen molar-refractivity contribution in [1.29, 1.82) is 0 Å². The van der Waals surface area contributed by atoms with Crippen LogP contribution in [0.15, 0.2) is 48.5 Å². The van der Waals surface area contributed by atoms with E-state index in [1.807, 2.05) is 36.4 Å². The van der Waals surface area contributed by atoms with Gasteiger partial charge in [-0.25, -0.2) is 4.79 Å². The molecule has 0 N–H and O–H groups in total. The fraction of sp³-hybridized carbons (Fsp3) is 0.423. The molecule has 1 fully saturated rings. The molecular weight excluding hydrogens is 429 g/mol. The van der Waals surface area contributed by atoms with Gasteiger partial charge in [-0.15, -0.1) is 5.54 Å². The third-order valence-electron chi connectivity index (χ3n) is 6.18. The van der Waals surface area contributed by atoms with Crippen molar-refractivity contribution >= 4 is 14.0 Å². The SMILES string of the molecule is COC(=O)c1ccc(C2(c3ccc(C#C[Si](C)(C)C)cc3)CCC(C(F)(F)F)CC2)cc1. The summed E-state index contributed by atoms with van der Waals surface area (Å²) < 4.78 is 44.8. The Balaban J connectivity index is 1.98. The fourth-order valence-corrected chi connectivity index (χ4v) is 4.88. The van der Waals surface area contributed by atoms with Crippen LogP contribution in [-0.4, -0.2) is 27.3 Å². The van der Waals surface area contributed by atoms with Gasteiger partial charge < -0.3 is 4.74 Å². The molecule has 3 rings (SSSR count). The smallest absolute Gasteiger partial charge is 0.391 e. The molecule has 0 unspecified atom stereocenters. The van der Waals surface area contributed by atoms with Crippen LogP contribution in [0, 0.1) is 17.4 Å². The number of carbonyl (C=O) groups is 1. The van der Waals surface area contributed by atoms with E-state index in [0.29, 0.717) is 18.4 Å². The topological polar surface area (TPSA) is 26.3 Å². The molecule has 0 amide bonds. The van der Waals surface area contributed by atoms with Gasteiger partial charge in [0.2, 0.25) is 0 Å². The Bertz CT molecular complexity index is 999. The summed E-state index contributed by atoms with van der Waals surface area (Å²) in [5, 5.41) is 0. The number of hydrogen-bond donors (Lipinski definition) is 0. The Morgan fingerprint density at radius 3 is 1.91 bits per heavy atom. The number of methoxy groups -OCH3 is 1. The van der Waals surface area contributed by atoms with Crippen LogP contribution in [0.2, 0.25) is 19.6 Å². The van der Waals surface area contributed by atoms with Crippen LogP contribution in [0.4, 0.5) is 13.2 Å². The van der Waals surface area contributed by atoms with Crippen molar-refractivity contribution in [2.45, 2.75) is 56.9 Å². The van der Waals surface area contributed by atoms with E-state index in [1.54, 1.807) is 12.1 Å². The van der Waals surface area contributed by atoms with E-state index in [1.165, 1.54) is 7.11 Å². The molecule has 6 heteroatoms. The van der Waals surface area contributed by atoms with Gasteiger partial charge in [0.05, 0.1) is 18.6 Å². The minimum absolute atomic E-state index is 0.0828. The lowest BCUT2D eigenvalue weighted by Gasteiger charge is -2.42. The molecule has 0 saturated heterocycles. The van der Waals surface area contributed by atoms with Gasteiger partial charge in [0.15, 0.2) is 0 Å². The highest BCUT2D eigenvalue weighted by Crippen LogP contribution is 2.50. The summed E-state index contributed by atoms with van der Waals surface area (Å²) >= 11 is 0. The van der Waals surface area contributed by atoms with Crippen LogP contribution < -0.4 is 0 Å². The van der Waals surface area contributed by atoms with E-state index in [2.05, 4.69) is 31.1 Å². The van der Waals surface area contributed by atoms with E-state index in [0.717, 1.165) is 16.7 Å². The second-order valence-corrected chi connectivity index (χ2v) is 14.3. The second kappa shape index (κ2) is 9.15. The Labute approximate surface area is 189 Å². The maximum Gasteiger partial charge on any atom is 0.391 e. The number of hydrogen-bond acceptors (Lipinski definition) is 2. The van der Waals surface area contributed by atoms with Gasteiger partial charge >= 0.3 is 12.1 Å². The largest absolute Gasteiger partial charge is 0.465 e. The van der Waals surface area contributed by atoms with Gasteiger partial charge in [-0.3, -0.25) is 0 Å². The Hall–Kier alpha value is -2.52. The molecule has 2 nitrogen and oxygen atoms in total. The number of ether oxygens (including phenoxy) is 1. The lowest BCUT2D eigenvalue weighted by molar-refractivity contribution is -0.184. The molecule has 1 aliphatic rings. The third-order valence-corrected chi connectivity index (χ3v) is 7.05. The summed E-state index contributed by atoms with van der Waals surface area (Å²) in [7, 11) is -0.180. The fourth-order valence-electron chi connectivity index (χ4n) is 4.36. The zero-order valence-corrected chi connectivity index (χ0v) is 20.0. The number of rotatable bonds is 3. The summed E-state index contributed by atoms with van der Waals surface area (Å²) in [6, 6.07) is 15.0. The molecule has 2 aromatic carbocycles. The van der Waals surface area contributed by atoms with Crippen LogP contribution in [0.5, 0.6) is 0 Å². The minimum atomic E-state index is -4.17. The molecule has 0 atom stereocenters. The van der Waals surface area contributed by atoms with Gasteiger partial charge in [0, 0.05) is 11.0 Å². The lowest BCUT2D eigenvalue weighted by Crippen LogP contribution is -2.37. The van der Waals surface area contributed by atoms with E-state index in [-0.39, 0.29) is 12.8 Å². The van der Waals surface area contributed by atoms with Gasteiger partial charge in [0.1, 0.15) is 8.07 Å². The first-order valence-corrected chi connectivity index (χ1v) is 14.3. The van der Waals surface area contributed by atoms with Crippen molar-refractivity contribution in [3.05, 3.63) is 70.8 Å². The van der Waals surface area contributed by atoms with Crippen molar-refractivity contribution in [1.82, 2.24) is 0 Å². The normalized spacial score (nSPS) is 21.4. The molecule has 32 heavy (non-hydrogen) atoms. The minimum Gasteiger partial charge on any atom is -0.465 e. The van der Waals surface area contributed by atoms with Gasteiger partial charge in [-0.05, 0) is 61.1 Å². The molecule has 0 spiro atoms. The molecule has 0 aliphatic heterocycles. The summed E-state index contributed by atoms with van der Waals surface area (Å²) in [6.07, 6.45) is -3.21. The Kier molecular flexibility index (Phi) is 6.90.